The smallest absolute Gasteiger partial charge is 0.335 e. The Morgan fingerprint density at radius 2 is 2.08 bits per heavy atom. The van der Waals surface area contributed by atoms with E-state index in [1.54, 1.807) is 30.3 Å². The molecule has 0 saturated carbocycles. The van der Waals surface area contributed by atoms with Crippen LogP contribution in [0.3, 0.4) is 0 Å². The normalized spacial score (nSPS) is 15.2. The summed E-state index contributed by atoms with van der Waals surface area (Å²) in [6.45, 7) is 0.113. The van der Waals surface area contributed by atoms with Crippen LogP contribution in [0.4, 0.5) is 0 Å². The highest BCUT2D eigenvalue weighted by Gasteiger charge is 2.22. The Hall–Kier alpha value is -2.84. The van der Waals surface area contributed by atoms with Crippen molar-refractivity contribution in [1.82, 2.24) is 5.32 Å². The number of carbonyl (C=O) groups is 2. The van der Waals surface area contributed by atoms with Crippen molar-refractivity contribution in [3.63, 3.8) is 0 Å². The van der Waals surface area contributed by atoms with Crippen molar-refractivity contribution >= 4 is 46.3 Å². The molecule has 2 aromatic rings. The van der Waals surface area contributed by atoms with Crippen LogP contribution in [-0.2, 0) is 11.4 Å². The average Bonchev–Trinajstić information content (AvgIpc) is 2.91. The Bertz CT molecular complexity index is 939. The van der Waals surface area contributed by atoms with Crippen LogP contribution >= 0.6 is 24.0 Å². The molecule has 6 nitrogen and oxygen atoms in total. The van der Waals surface area contributed by atoms with Gasteiger partial charge in [0.1, 0.15) is 10.9 Å². The molecule has 1 aliphatic rings. The highest BCUT2D eigenvalue weighted by atomic mass is 32.2. The van der Waals surface area contributed by atoms with E-state index in [2.05, 4.69) is 5.32 Å². The maximum absolute atomic E-state index is 11.7. The highest BCUT2D eigenvalue weighted by Crippen LogP contribution is 2.31. The van der Waals surface area contributed by atoms with Gasteiger partial charge in [0.15, 0.2) is 11.5 Å². The van der Waals surface area contributed by atoms with E-state index in [-0.39, 0.29) is 29.6 Å². The van der Waals surface area contributed by atoms with Crippen molar-refractivity contribution in [1.29, 1.82) is 0 Å². The molecule has 1 fully saturated rings. The second-order valence-corrected chi connectivity index (χ2v) is 7.09. The van der Waals surface area contributed by atoms with Gasteiger partial charge in [-0.15, -0.1) is 0 Å². The third-order valence-corrected chi connectivity index (χ3v) is 4.65. The highest BCUT2D eigenvalue weighted by molar-refractivity contribution is 8.26. The number of carboxylic acid groups (broad SMARTS) is 1. The van der Waals surface area contributed by atoms with Crippen LogP contribution in [-0.4, -0.2) is 26.4 Å². The van der Waals surface area contributed by atoms with Crippen molar-refractivity contribution in [3.8, 4) is 11.5 Å². The molecule has 0 aromatic heterocycles. The zero-order chi connectivity index (χ0) is 18.7. The van der Waals surface area contributed by atoms with Crippen molar-refractivity contribution in [2.24, 2.45) is 0 Å². The number of rotatable bonds is 5. The molecule has 132 valence electrons. The summed E-state index contributed by atoms with van der Waals surface area (Å²) < 4.78 is 5.95. The predicted molar refractivity (Wildman–Crippen MR) is 102 cm³/mol. The standard InChI is InChI=1S/C18H13NO5S2/c20-13-7-10(8-15-16(21)19-18(25)26-15)4-5-14(13)24-9-11-2-1-3-12(6-11)17(22)23/h1-8,20H,9H2,(H,22,23)(H,19,21,25)/b15-8+. The summed E-state index contributed by atoms with van der Waals surface area (Å²) in [5.41, 5.74) is 1.47. The minimum atomic E-state index is -1.01. The van der Waals surface area contributed by atoms with E-state index in [0.29, 0.717) is 20.4 Å². The molecule has 0 aliphatic carbocycles. The first-order valence-electron chi connectivity index (χ1n) is 7.45. The summed E-state index contributed by atoms with van der Waals surface area (Å²) in [6.07, 6.45) is 1.62. The molecule has 0 radical (unpaired) electrons. The van der Waals surface area contributed by atoms with Gasteiger partial charge in [-0.2, -0.15) is 0 Å². The molecule has 1 saturated heterocycles. The summed E-state index contributed by atoms with van der Waals surface area (Å²) in [4.78, 5) is 23.1. The topological polar surface area (TPSA) is 95.9 Å². The number of aromatic hydroxyl groups is 1. The average molecular weight is 387 g/mol. The molecular weight excluding hydrogens is 374 g/mol. The summed E-state index contributed by atoms with van der Waals surface area (Å²) in [5, 5.41) is 21.6. The Morgan fingerprint density at radius 1 is 1.27 bits per heavy atom. The number of hydrogen-bond acceptors (Lipinski definition) is 6. The maximum atomic E-state index is 11.7. The van der Waals surface area contributed by atoms with Crippen LogP contribution < -0.4 is 10.1 Å². The van der Waals surface area contributed by atoms with Gasteiger partial charge in [-0.1, -0.05) is 42.2 Å². The Labute approximate surface area is 158 Å². The number of aromatic carboxylic acids is 1. The molecule has 8 heteroatoms. The minimum absolute atomic E-state index is 0.0836. The number of thiocarbonyl (C=S) groups is 1. The number of thioether (sulfide) groups is 1. The van der Waals surface area contributed by atoms with Gasteiger partial charge in [-0.25, -0.2) is 4.79 Å². The van der Waals surface area contributed by atoms with E-state index in [1.165, 1.54) is 18.2 Å². The van der Waals surface area contributed by atoms with E-state index < -0.39 is 5.97 Å². The fourth-order valence-electron chi connectivity index (χ4n) is 2.27. The summed E-state index contributed by atoms with van der Waals surface area (Å²) in [7, 11) is 0. The van der Waals surface area contributed by atoms with Gasteiger partial charge in [0, 0.05) is 0 Å². The SMILES string of the molecule is O=C1NC(=S)S/C1=C/c1ccc(OCc2cccc(C(=O)O)c2)c(O)c1. The first kappa shape index (κ1) is 18.0. The Morgan fingerprint density at radius 3 is 2.73 bits per heavy atom. The van der Waals surface area contributed by atoms with Gasteiger partial charge >= 0.3 is 5.97 Å². The molecule has 1 amide bonds. The van der Waals surface area contributed by atoms with Gasteiger partial charge < -0.3 is 20.3 Å². The van der Waals surface area contributed by atoms with Gasteiger partial charge in [-0.3, -0.25) is 4.79 Å². The van der Waals surface area contributed by atoms with Crippen LogP contribution in [0.2, 0.25) is 0 Å². The van der Waals surface area contributed by atoms with E-state index in [9.17, 15) is 14.7 Å². The van der Waals surface area contributed by atoms with Crippen LogP contribution in [0, 0.1) is 0 Å². The van der Waals surface area contributed by atoms with Crippen LogP contribution in [0.25, 0.3) is 6.08 Å². The quantitative estimate of drug-likeness (QED) is 0.536. The molecule has 26 heavy (non-hydrogen) atoms. The fraction of sp³-hybridized carbons (Fsp3) is 0.0556. The molecule has 0 spiro atoms. The number of benzene rings is 2. The number of ether oxygens (including phenoxy) is 1. The molecule has 3 N–H and O–H groups in total. The minimum Gasteiger partial charge on any atom is -0.504 e. The molecule has 0 unspecified atom stereocenters. The molecule has 1 heterocycles. The molecule has 0 atom stereocenters. The Kier molecular flexibility index (Phi) is 5.24. The molecular formula is C18H13NO5S2. The lowest BCUT2D eigenvalue weighted by Gasteiger charge is -2.09. The molecule has 0 bridgehead atoms. The summed E-state index contributed by atoms with van der Waals surface area (Å²) in [6, 6.07) is 11.1. The van der Waals surface area contributed by atoms with Crippen molar-refractivity contribution in [2.45, 2.75) is 6.61 Å². The Balaban J connectivity index is 1.71. The monoisotopic (exact) mass is 387 g/mol. The summed E-state index contributed by atoms with van der Waals surface area (Å²) >= 11 is 6.09. The van der Waals surface area contributed by atoms with Gasteiger partial charge in [0.05, 0.1) is 10.5 Å². The van der Waals surface area contributed by atoms with Crippen LogP contribution in [0.15, 0.2) is 47.4 Å². The van der Waals surface area contributed by atoms with Crippen molar-refractivity contribution in [2.75, 3.05) is 0 Å². The number of hydrogen-bond donors (Lipinski definition) is 3. The second kappa shape index (κ2) is 7.59. The predicted octanol–water partition coefficient (Wildman–Crippen LogP) is 3.16. The first-order chi connectivity index (χ1) is 12.4. The zero-order valence-electron chi connectivity index (χ0n) is 13.3. The third-order valence-electron chi connectivity index (χ3n) is 3.49. The van der Waals surface area contributed by atoms with Crippen molar-refractivity contribution < 1.29 is 24.5 Å². The number of nitrogens with one attached hydrogen (secondary N) is 1. The third kappa shape index (κ3) is 4.22. The number of phenolic OH excluding ortho intramolecular Hbond substituents is 1. The van der Waals surface area contributed by atoms with E-state index in [0.717, 1.165) is 11.8 Å². The number of carbonyl (C=O) groups excluding carboxylic acids is 1. The van der Waals surface area contributed by atoms with Gasteiger partial charge in [0.25, 0.3) is 5.91 Å². The largest absolute Gasteiger partial charge is 0.504 e. The van der Waals surface area contributed by atoms with E-state index in [4.69, 9.17) is 22.1 Å². The lowest BCUT2D eigenvalue weighted by Crippen LogP contribution is -2.17. The zero-order valence-corrected chi connectivity index (χ0v) is 14.9. The maximum Gasteiger partial charge on any atom is 0.335 e. The van der Waals surface area contributed by atoms with Crippen molar-refractivity contribution in [3.05, 3.63) is 64.1 Å². The lowest BCUT2D eigenvalue weighted by atomic mass is 10.1. The van der Waals surface area contributed by atoms with E-state index >= 15 is 0 Å². The second-order valence-electron chi connectivity index (χ2n) is 5.37. The number of phenols is 1. The first-order valence-corrected chi connectivity index (χ1v) is 8.68. The van der Waals surface area contributed by atoms with Crippen LogP contribution in [0.1, 0.15) is 21.5 Å². The fourth-order valence-corrected chi connectivity index (χ4v) is 3.32. The number of carboxylic acids is 1. The summed E-state index contributed by atoms with van der Waals surface area (Å²) in [5.74, 6) is -1.11. The van der Waals surface area contributed by atoms with E-state index in [1.807, 2.05) is 0 Å². The molecule has 3 rings (SSSR count). The molecule has 2 aromatic carbocycles. The van der Waals surface area contributed by atoms with Gasteiger partial charge in [0.2, 0.25) is 0 Å². The number of amides is 1. The van der Waals surface area contributed by atoms with Crippen LogP contribution in [0.5, 0.6) is 11.5 Å². The lowest BCUT2D eigenvalue weighted by molar-refractivity contribution is -0.115. The molecule has 1 aliphatic heterocycles. The van der Waals surface area contributed by atoms with Gasteiger partial charge in [-0.05, 0) is 41.5 Å².